The molecule has 0 bridgehead atoms. The lowest BCUT2D eigenvalue weighted by Gasteiger charge is -2.07. The van der Waals surface area contributed by atoms with E-state index in [2.05, 4.69) is 15.9 Å². The molecule has 0 aliphatic heterocycles. The van der Waals surface area contributed by atoms with Gasteiger partial charge in [-0.1, -0.05) is 40.2 Å². The van der Waals surface area contributed by atoms with Gasteiger partial charge in [0, 0.05) is 10.1 Å². The number of halogens is 1. The molecule has 4 nitrogen and oxygen atoms in total. The molecule has 0 fully saturated rings. The highest BCUT2D eigenvalue weighted by atomic mass is 79.9. The lowest BCUT2D eigenvalue weighted by atomic mass is 10.00. The van der Waals surface area contributed by atoms with E-state index in [-0.39, 0.29) is 15.6 Å². The van der Waals surface area contributed by atoms with Gasteiger partial charge in [-0.25, -0.2) is 9.59 Å². The van der Waals surface area contributed by atoms with Gasteiger partial charge in [0.1, 0.15) is 0 Å². The van der Waals surface area contributed by atoms with Crippen LogP contribution < -0.4 is 0 Å². The van der Waals surface area contributed by atoms with Crippen molar-refractivity contribution in [2.45, 2.75) is 13.8 Å². The Bertz CT molecular complexity index is 585. The Morgan fingerprint density at radius 1 is 1.16 bits per heavy atom. The second-order valence-electron chi connectivity index (χ2n) is 3.96. The van der Waals surface area contributed by atoms with Crippen LogP contribution >= 0.6 is 15.9 Å². The van der Waals surface area contributed by atoms with Crippen molar-refractivity contribution in [1.82, 2.24) is 0 Å². The normalized spacial score (nSPS) is 12.9. The fraction of sp³-hybridized carbons (Fsp3) is 0.143. The molecule has 0 radical (unpaired) electrons. The maximum absolute atomic E-state index is 11.3. The zero-order valence-electron chi connectivity index (χ0n) is 10.5. The number of aliphatic carboxylic acids is 2. The van der Waals surface area contributed by atoms with Gasteiger partial charge in [-0.2, -0.15) is 0 Å². The minimum atomic E-state index is -1.11. The standard InChI is InChI=1S/C14H13BrO4/c1-8-5-3-4-6-10(8)11(14(18)19)7-12(15)9(2)13(16)17/h3-7H,1-2H3,(H,16,17)(H,18,19)/b11-7+,12-9-. The SMILES string of the molecule is C/C(C(=O)O)=C(Br)\C=C(\C(=O)O)c1ccccc1C. The van der Waals surface area contributed by atoms with Crippen molar-refractivity contribution in [2.24, 2.45) is 0 Å². The third kappa shape index (κ3) is 3.79. The number of hydrogen-bond acceptors (Lipinski definition) is 2. The van der Waals surface area contributed by atoms with E-state index in [1.807, 2.05) is 6.07 Å². The summed E-state index contributed by atoms with van der Waals surface area (Å²) in [5, 5.41) is 18.1. The summed E-state index contributed by atoms with van der Waals surface area (Å²) < 4.78 is 0.237. The van der Waals surface area contributed by atoms with Crippen molar-refractivity contribution in [2.75, 3.05) is 0 Å². The maximum Gasteiger partial charge on any atom is 0.336 e. The summed E-state index contributed by atoms with van der Waals surface area (Å²) in [6.45, 7) is 3.20. The molecule has 1 rings (SSSR count). The Balaban J connectivity index is 3.39. The Morgan fingerprint density at radius 2 is 1.74 bits per heavy atom. The van der Waals surface area contributed by atoms with Gasteiger partial charge in [0.2, 0.25) is 0 Å². The molecule has 0 aromatic heterocycles. The summed E-state index contributed by atoms with van der Waals surface area (Å²) in [5.41, 5.74) is 1.47. The average Bonchev–Trinajstić information content (AvgIpc) is 2.35. The van der Waals surface area contributed by atoms with Crippen molar-refractivity contribution < 1.29 is 19.8 Å². The minimum Gasteiger partial charge on any atom is -0.478 e. The number of hydrogen-bond donors (Lipinski definition) is 2. The van der Waals surface area contributed by atoms with Crippen molar-refractivity contribution in [3.05, 3.63) is 51.5 Å². The fourth-order valence-electron chi connectivity index (χ4n) is 1.47. The van der Waals surface area contributed by atoms with Crippen LogP contribution in [-0.2, 0) is 9.59 Å². The van der Waals surface area contributed by atoms with Crippen molar-refractivity contribution in [3.8, 4) is 0 Å². The molecule has 0 unspecified atom stereocenters. The molecule has 0 heterocycles. The maximum atomic E-state index is 11.3. The molecule has 100 valence electrons. The molecular formula is C14H13BrO4. The third-order valence-electron chi connectivity index (χ3n) is 2.62. The molecule has 0 saturated carbocycles. The van der Waals surface area contributed by atoms with Crippen LogP contribution in [0.4, 0.5) is 0 Å². The molecule has 0 saturated heterocycles. The molecule has 1 aromatic carbocycles. The smallest absolute Gasteiger partial charge is 0.336 e. The summed E-state index contributed by atoms with van der Waals surface area (Å²) in [7, 11) is 0. The zero-order valence-corrected chi connectivity index (χ0v) is 12.1. The first-order valence-electron chi connectivity index (χ1n) is 5.45. The molecule has 0 amide bonds. The summed E-state index contributed by atoms with van der Waals surface area (Å²) >= 11 is 3.09. The molecule has 0 aliphatic rings. The van der Waals surface area contributed by atoms with Crippen LogP contribution in [0.3, 0.4) is 0 Å². The summed E-state index contributed by atoms with van der Waals surface area (Å²) in [4.78, 5) is 22.2. The Hall–Kier alpha value is -1.88. The van der Waals surface area contributed by atoms with E-state index < -0.39 is 11.9 Å². The highest BCUT2D eigenvalue weighted by Gasteiger charge is 2.14. The van der Waals surface area contributed by atoms with E-state index in [1.54, 1.807) is 25.1 Å². The van der Waals surface area contributed by atoms with Crippen LogP contribution in [0.2, 0.25) is 0 Å². The predicted octanol–water partition coefficient (Wildman–Crippen LogP) is 3.22. The van der Waals surface area contributed by atoms with E-state index in [9.17, 15) is 14.7 Å². The average molecular weight is 325 g/mol. The van der Waals surface area contributed by atoms with Crippen LogP contribution in [0.5, 0.6) is 0 Å². The van der Waals surface area contributed by atoms with Gasteiger partial charge < -0.3 is 10.2 Å². The summed E-state index contributed by atoms with van der Waals surface area (Å²) in [6.07, 6.45) is 1.31. The van der Waals surface area contributed by atoms with Crippen LogP contribution in [0.1, 0.15) is 18.1 Å². The van der Waals surface area contributed by atoms with Crippen LogP contribution in [0.25, 0.3) is 5.57 Å². The van der Waals surface area contributed by atoms with Gasteiger partial charge in [0.25, 0.3) is 0 Å². The molecule has 1 aromatic rings. The zero-order chi connectivity index (χ0) is 14.6. The van der Waals surface area contributed by atoms with E-state index in [0.29, 0.717) is 5.56 Å². The number of carbonyl (C=O) groups is 2. The second-order valence-corrected chi connectivity index (χ2v) is 4.81. The first kappa shape index (κ1) is 15.2. The highest BCUT2D eigenvalue weighted by Crippen LogP contribution is 2.24. The first-order chi connectivity index (χ1) is 8.84. The number of carboxylic acids is 2. The lowest BCUT2D eigenvalue weighted by molar-refractivity contribution is -0.133. The van der Waals surface area contributed by atoms with Crippen LogP contribution in [0, 0.1) is 6.92 Å². The van der Waals surface area contributed by atoms with Gasteiger partial charge >= 0.3 is 11.9 Å². The van der Waals surface area contributed by atoms with Gasteiger partial charge in [-0.05, 0) is 31.1 Å². The number of rotatable bonds is 4. The highest BCUT2D eigenvalue weighted by molar-refractivity contribution is 9.12. The fourth-order valence-corrected chi connectivity index (χ4v) is 1.87. The van der Waals surface area contributed by atoms with Crippen LogP contribution in [-0.4, -0.2) is 22.2 Å². The topological polar surface area (TPSA) is 74.6 Å². The molecule has 0 atom stereocenters. The Labute approximate surface area is 119 Å². The van der Waals surface area contributed by atoms with E-state index in [4.69, 9.17) is 5.11 Å². The van der Waals surface area contributed by atoms with E-state index in [1.165, 1.54) is 13.0 Å². The summed E-state index contributed by atoms with van der Waals surface area (Å²) in [6, 6.07) is 7.03. The lowest BCUT2D eigenvalue weighted by Crippen LogP contribution is -2.03. The molecule has 5 heteroatoms. The quantitative estimate of drug-likeness (QED) is 0.658. The summed E-state index contributed by atoms with van der Waals surface area (Å²) in [5.74, 6) is -2.21. The Kier molecular flexibility index (Phi) is 5.06. The largest absolute Gasteiger partial charge is 0.478 e. The first-order valence-corrected chi connectivity index (χ1v) is 6.24. The minimum absolute atomic E-state index is 0.0468. The van der Waals surface area contributed by atoms with Crippen molar-refractivity contribution >= 4 is 33.4 Å². The third-order valence-corrected chi connectivity index (χ3v) is 3.44. The van der Waals surface area contributed by atoms with Crippen LogP contribution in [0.15, 0.2) is 40.4 Å². The molecule has 0 aliphatic carbocycles. The molecule has 19 heavy (non-hydrogen) atoms. The Morgan fingerprint density at radius 3 is 2.21 bits per heavy atom. The number of benzene rings is 1. The predicted molar refractivity (Wildman–Crippen MR) is 76.1 cm³/mol. The van der Waals surface area contributed by atoms with Gasteiger partial charge in [-0.3, -0.25) is 0 Å². The van der Waals surface area contributed by atoms with Gasteiger partial charge in [-0.15, -0.1) is 0 Å². The molecule has 2 N–H and O–H groups in total. The van der Waals surface area contributed by atoms with Gasteiger partial charge in [0.15, 0.2) is 0 Å². The van der Waals surface area contributed by atoms with Crippen molar-refractivity contribution in [3.63, 3.8) is 0 Å². The van der Waals surface area contributed by atoms with Crippen molar-refractivity contribution in [1.29, 1.82) is 0 Å². The number of aryl methyl sites for hydroxylation is 1. The monoisotopic (exact) mass is 324 g/mol. The van der Waals surface area contributed by atoms with E-state index >= 15 is 0 Å². The van der Waals surface area contributed by atoms with E-state index in [0.717, 1.165) is 5.56 Å². The number of allylic oxidation sites excluding steroid dienone is 2. The second kappa shape index (κ2) is 6.33. The van der Waals surface area contributed by atoms with Gasteiger partial charge in [0.05, 0.1) is 5.57 Å². The molecular weight excluding hydrogens is 312 g/mol. The molecule has 0 spiro atoms. The number of carboxylic acid groups (broad SMARTS) is 2.